The highest BCUT2D eigenvalue weighted by Crippen LogP contribution is 2.32. The topological polar surface area (TPSA) is 120 Å². The lowest BCUT2D eigenvalue weighted by molar-refractivity contribution is -0.120. The second-order valence-corrected chi connectivity index (χ2v) is 7.45. The zero-order chi connectivity index (χ0) is 22.3. The minimum atomic E-state index is -0.583. The number of carbonyl (C=O) groups excluding carboxylic acids is 2. The van der Waals surface area contributed by atoms with E-state index in [4.69, 9.17) is 14.7 Å². The van der Waals surface area contributed by atoms with Crippen molar-refractivity contribution >= 4 is 23.4 Å². The Labute approximate surface area is 185 Å². The number of ether oxygens (including phenoxy) is 2. The SMILES string of the molecule is N#Cc1ccnc(N2CCN(CCC(=O)NC(=O)Nc3ccc4c(c3)OCCO4)CC2)c1. The summed E-state index contributed by atoms with van der Waals surface area (Å²) in [5.41, 5.74) is 1.10. The van der Waals surface area contributed by atoms with Crippen molar-refractivity contribution in [2.24, 2.45) is 0 Å². The molecule has 2 aliphatic rings. The van der Waals surface area contributed by atoms with Crippen LogP contribution in [0.3, 0.4) is 0 Å². The van der Waals surface area contributed by atoms with Gasteiger partial charge in [-0.25, -0.2) is 9.78 Å². The molecule has 3 amide bonds. The van der Waals surface area contributed by atoms with Gasteiger partial charge in [-0.15, -0.1) is 0 Å². The van der Waals surface area contributed by atoms with Gasteiger partial charge in [0.25, 0.3) is 0 Å². The van der Waals surface area contributed by atoms with Crippen LogP contribution >= 0.6 is 0 Å². The highest BCUT2D eigenvalue weighted by Gasteiger charge is 2.19. The van der Waals surface area contributed by atoms with Crippen molar-refractivity contribution in [1.29, 1.82) is 5.26 Å². The van der Waals surface area contributed by atoms with Gasteiger partial charge in [0, 0.05) is 57.1 Å². The third-order valence-electron chi connectivity index (χ3n) is 5.28. The van der Waals surface area contributed by atoms with Gasteiger partial charge in [-0.05, 0) is 24.3 Å². The van der Waals surface area contributed by atoms with Crippen molar-refractivity contribution in [2.45, 2.75) is 6.42 Å². The average molecular weight is 436 g/mol. The van der Waals surface area contributed by atoms with Gasteiger partial charge in [-0.1, -0.05) is 0 Å². The van der Waals surface area contributed by atoms with E-state index >= 15 is 0 Å². The molecule has 1 aromatic carbocycles. The molecule has 166 valence electrons. The van der Waals surface area contributed by atoms with Crippen molar-refractivity contribution in [3.8, 4) is 17.6 Å². The molecule has 0 saturated carbocycles. The Balaban J connectivity index is 1.18. The molecule has 0 unspecified atom stereocenters. The highest BCUT2D eigenvalue weighted by molar-refractivity contribution is 6.01. The van der Waals surface area contributed by atoms with Crippen LogP contribution < -0.4 is 25.0 Å². The van der Waals surface area contributed by atoms with Gasteiger partial charge < -0.3 is 19.7 Å². The molecular weight excluding hydrogens is 412 g/mol. The molecule has 1 saturated heterocycles. The summed E-state index contributed by atoms with van der Waals surface area (Å²) in [7, 11) is 0. The van der Waals surface area contributed by atoms with E-state index in [2.05, 4.69) is 31.5 Å². The van der Waals surface area contributed by atoms with Crippen LogP contribution in [0.15, 0.2) is 36.5 Å². The lowest BCUT2D eigenvalue weighted by Crippen LogP contribution is -2.47. The van der Waals surface area contributed by atoms with Gasteiger partial charge in [-0.3, -0.25) is 15.0 Å². The molecule has 0 radical (unpaired) electrons. The number of benzene rings is 1. The minimum Gasteiger partial charge on any atom is -0.486 e. The van der Waals surface area contributed by atoms with E-state index in [9.17, 15) is 9.59 Å². The molecule has 10 nitrogen and oxygen atoms in total. The predicted octanol–water partition coefficient (Wildman–Crippen LogP) is 1.58. The normalized spacial score (nSPS) is 15.5. The maximum atomic E-state index is 12.2. The summed E-state index contributed by atoms with van der Waals surface area (Å²) in [6, 6.07) is 10.1. The molecule has 1 fully saturated rings. The predicted molar refractivity (Wildman–Crippen MR) is 117 cm³/mol. The summed E-state index contributed by atoms with van der Waals surface area (Å²) in [5, 5.41) is 14.0. The molecule has 10 heteroatoms. The number of anilines is 2. The quantitative estimate of drug-likeness (QED) is 0.725. The molecule has 1 aromatic heterocycles. The Morgan fingerprint density at radius 3 is 2.62 bits per heavy atom. The summed E-state index contributed by atoms with van der Waals surface area (Å²) >= 11 is 0. The van der Waals surface area contributed by atoms with E-state index in [0.717, 1.165) is 32.0 Å². The monoisotopic (exact) mass is 436 g/mol. The van der Waals surface area contributed by atoms with Crippen LogP contribution in [0.5, 0.6) is 11.5 Å². The second-order valence-electron chi connectivity index (χ2n) is 7.45. The molecule has 3 heterocycles. The van der Waals surface area contributed by atoms with Crippen LogP contribution in [-0.2, 0) is 4.79 Å². The third kappa shape index (κ3) is 5.44. The fourth-order valence-electron chi connectivity index (χ4n) is 3.59. The van der Waals surface area contributed by atoms with Crippen LogP contribution in [0.25, 0.3) is 0 Å². The standard InChI is InChI=1S/C22H24N6O4/c23-15-16-3-5-24-20(13-16)28-9-7-27(8-10-28)6-4-21(29)26-22(30)25-17-1-2-18-19(14-17)32-12-11-31-18/h1-3,5,13-14H,4,6-12H2,(H2,25,26,29,30). The van der Waals surface area contributed by atoms with Gasteiger partial charge in [0.1, 0.15) is 19.0 Å². The number of urea groups is 1. The number of imide groups is 1. The van der Waals surface area contributed by atoms with Crippen molar-refractivity contribution in [2.75, 3.05) is 56.2 Å². The Bertz CT molecular complexity index is 1030. The lowest BCUT2D eigenvalue weighted by Gasteiger charge is -2.35. The van der Waals surface area contributed by atoms with Crippen molar-refractivity contribution in [3.63, 3.8) is 0 Å². The maximum absolute atomic E-state index is 12.2. The Morgan fingerprint density at radius 2 is 1.84 bits per heavy atom. The van der Waals surface area contributed by atoms with E-state index < -0.39 is 6.03 Å². The first-order valence-corrected chi connectivity index (χ1v) is 10.4. The summed E-state index contributed by atoms with van der Waals surface area (Å²) in [5.74, 6) is 1.64. The molecule has 0 bridgehead atoms. The molecule has 0 aliphatic carbocycles. The number of carbonyl (C=O) groups is 2. The van der Waals surface area contributed by atoms with Gasteiger partial charge in [0.15, 0.2) is 11.5 Å². The number of fused-ring (bicyclic) bond motifs is 1. The number of pyridine rings is 1. The number of hydrogen-bond donors (Lipinski definition) is 2. The van der Waals surface area contributed by atoms with Crippen molar-refractivity contribution in [1.82, 2.24) is 15.2 Å². The number of hydrogen-bond acceptors (Lipinski definition) is 8. The summed E-state index contributed by atoms with van der Waals surface area (Å²) in [6.45, 7) is 4.57. The first kappa shape index (κ1) is 21.4. The summed E-state index contributed by atoms with van der Waals surface area (Å²) in [4.78, 5) is 32.9. The van der Waals surface area contributed by atoms with Crippen LogP contribution in [0, 0.1) is 11.3 Å². The number of rotatable bonds is 5. The molecule has 2 aliphatic heterocycles. The zero-order valence-electron chi connectivity index (χ0n) is 17.5. The smallest absolute Gasteiger partial charge is 0.325 e. The van der Waals surface area contributed by atoms with Gasteiger partial charge in [-0.2, -0.15) is 5.26 Å². The Hall–Kier alpha value is -3.84. The van der Waals surface area contributed by atoms with Crippen LogP contribution in [0.2, 0.25) is 0 Å². The number of nitrogens with zero attached hydrogens (tertiary/aromatic N) is 4. The van der Waals surface area contributed by atoms with Crippen LogP contribution in [-0.4, -0.2) is 67.8 Å². The Morgan fingerprint density at radius 1 is 1.06 bits per heavy atom. The molecule has 0 spiro atoms. The molecule has 2 aromatic rings. The van der Waals surface area contributed by atoms with E-state index in [1.807, 2.05) is 0 Å². The molecule has 4 rings (SSSR count). The highest BCUT2D eigenvalue weighted by atomic mass is 16.6. The van der Waals surface area contributed by atoms with Crippen LogP contribution in [0.1, 0.15) is 12.0 Å². The Kier molecular flexibility index (Phi) is 6.67. The molecule has 32 heavy (non-hydrogen) atoms. The zero-order valence-corrected chi connectivity index (χ0v) is 17.5. The van der Waals surface area contributed by atoms with Gasteiger partial charge >= 0.3 is 6.03 Å². The summed E-state index contributed by atoms with van der Waals surface area (Å²) < 4.78 is 10.9. The van der Waals surface area contributed by atoms with Crippen LogP contribution in [0.4, 0.5) is 16.3 Å². The first-order valence-electron chi connectivity index (χ1n) is 10.4. The molecular formula is C22H24N6O4. The maximum Gasteiger partial charge on any atom is 0.325 e. The number of piperazine rings is 1. The largest absolute Gasteiger partial charge is 0.486 e. The van der Waals surface area contributed by atoms with E-state index in [-0.39, 0.29) is 12.3 Å². The summed E-state index contributed by atoms with van der Waals surface area (Å²) in [6.07, 6.45) is 1.86. The van der Waals surface area contributed by atoms with E-state index in [1.54, 1.807) is 36.5 Å². The van der Waals surface area contributed by atoms with Crippen molar-refractivity contribution in [3.05, 3.63) is 42.1 Å². The number of aromatic nitrogens is 1. The third-order valence-corrected chi connectivity index (χ3v) is 5.28. The number of nitrogens with one attached hydrogen (secondary N) is 2. The first-order chi connectivity index (χ1) is 15.6. The second kappa shape index (κ2) is 9.98. The fourth-order valence-corrected chi connectivity index (χ4v) is 3.59. The number of amides is 3. The van der Waals surface area contributed by atoms with Gasteiger partial charge in [0.05, 0.1) is 11.6 Å². The minimum absolute atomic E-state index is 0.219. The van der Waals surface area contributed by atoms with Crippen molar-refractivity contribution < 1.29 is 19.1 Å². The number of nitriles is 1. The molecule has 0 atom stereocenters. The molecule has 2 N–H and O–H groups in total. The van der Waals surface area contributed by atoms with E-state index in [1.165, 1.54) is 0 Å². The lowest BCUT2D eigenvalue weighted by atomic mass is 10.2. The average Bonchev–Trinajstić information content (AvgIpc) is 2.83. The fraction of sp³-hybridized carbons (Fsp3) is 0.364. The van der Waals surface area contributed by atoms with E-state index in [0.29, 0.717) is 42.5 Å². The van der Waals surface area contributed by atoms with Gasteiger partial charge in [0.2, 0.25) is 5.91 Å².